The van der Waals surface area contributed by atoms with Crippen LogP contribution in [0.15, 0.2) is 57.8 Å². The fourth-order valence-electron chi connectivity index (χ4n) is 2.51. The van der Waals surface area contributed by atoms with Crippen molar-refractivity contribution in [2.45, 2.75) is 11.8 Å². The highest BCUT2D eigenvalue weighted by Crippen LogP contribution is 2.27. The molecule has 0 aliphatic heterocycles. The first-order valence-electron chi connectivity index (χ1n) is 9.04. The van der Waals surface area contributed by atoms with E-state index in [1.807, 2.05) is 12.3 Å². The van der Waals surface area contributed by atoms with Crippen molar-refractivity contribution in [2.24, 2.45) is 5.10 Å². The molecule has 30 heavy (non-hydrogen) atoms. The van der Waals surface area contributed by atoms with Crippen LogP contribution in [0.5, 0.6) is 11.5 Å². The molecule has 0 saturated heterocycles. The monoisotopic (exact) mass is 446 g/mol. The maximum atomic E-state index is 12.2. The first-order valence-corrected chi connectivity index (χ1v) is 11.4. The Morgan fingerprint density at radius 1 is 1.23 bits per heavy atom. The quantitative estimate of drug-likeness (QED) is 0.405. The summed E-state index contributed by atoms with van der Waals surface area (Å²) in [5.74, 6) is 0.480. The first kappa shape index (κ1) is 21.8. The number of hydrogen-bond acceptors (Lipinski definition) is 8. The summed E-state index contributed by atoms with van der Waals surface area (Å²) in [5, 5.41) is 16.4. The number of anilines is 1. The lowest BCUT2D eigenvalue weighted by Crippen LogP contribution is -2.22. The van der Waals surface area contributed by atoms with Crippen molar-refractivity contribution in [1.29, 1.82) is 0 Å². The summed E-state index contributed by atoms with van der Waals surface area (Å²) < 4.78 is 30.9. The van der Waals surface area contributed by atoms with Crippen LogP contribution in [0, 0.1) is 0 Å². The van der Waals surface area contributed by atoms with Crippen LogP contribution in [0.2, 0.25) is 0 Å². The summed E-state index contributed by atoms with van der Waals surface area (Å²) in [7, 11) is -0.463. The highest BCUT2D eigenvalue weighted by atomic mass is 32.2. The van der Waals surface area contributed by atoms with E-state index in [1.165, 1.54) is 29.7 Å². The molecule has 0 aliphatic rings. The number of hydrogen-bond donors (Lipinski definition) is 2. The lowest BCUT2D eigenvalue weighted by Gasteiger charge is -2.11. The molecule has 0 saturated carbocycles. The molecule has 0 bridgehead atoms. The van der Waals surface area contributed by atoms with Crippen LogP contribution >= 0.6 is 11.3 Å². The number of aromatic nitrogens is 1. The summed E-state index contributed by atoms with van der Waals surface area (Å²) >= 11 is 1.38. The molecule has 3 rings (SSSR count). The van der Waals surface area contributed by atoms with Crippen molar-refractivity contribution >= 4 is 32.7 Å². The highest BCUT2D eigenvalue weighted by molar-refractivity contribution is 7.89. The van der Waals surface area contributed by atoms with E-state index in [0.29, 0.717) is 17.5 Å². The normalized spacial score (nSPS) is 11.9. The van der Waals surface area contributed by atoms with E-state index in [1.54, 1.807) is 48.7 Å². The molecule has 2 aromatic carbocycles. The summed E-state index contributed by atoms with van der Waals surface area (Å²) in [6.07, 6.45) is 1.60. The molecule has 1 aromatic heterocycles. The smallest absolute Gasteiger partial charge is 0.242 e. The largest absolute Gasteiger partial charge is 0.504 e. The zero-order valence-corrected chi connectivity index (χ0v) is 18.4. The van der Waals surface area contributed by atoms with Crippen molar-refractivity contribution in [2.75, 3.05) is 26.1 Å². The van der Waals surface area contributed by atoms with E-state index >= 15 is 0 Å². The minimum atomic E-state index is -3.46. The number of nitrogens with one attached hydrogen (secondary N) is 1. The van der Waals surface area contributed by atoms with Gasteiger partial charge in [-0.25, -0.2) is 17.7 Å². The molecule has 0 fully saturated rings. The molecule has 0 spiro atoms. The zero-order chi connectivity index (χ0) is 21.7. The maximum absolute atomic E-state index is 12.2. The molecule has 1 heterocycles. The SMILES string of the molecule is CCOc1cc(/C=N\Nc2nc(-c3ccc(S(=O)(=O)N(C)C)cc3)cs2)ccc1O. The second-order valence-electron chi connectivity index (χ2n) is 6.38. The Hall–Kier alpha value is -2.95. The van der Waals surface area contributed by atoms with Crippen LogP contribution < -0.4 is 10.2 Å². The van der Waals surface area contributed by atoms with Gasteiger partial charge in [0.15, 0.2) is 11.5 Å². The Kier molecular flexibility index (Phi) is 6.70. The predicted molar refractivity (Wildman–Crippen MR) is 119 cm³/mol. The van der Waals surface area contributed by atoms with Crippen molar-refractivity contribution in [3.8, 4) is 22.8 Å². The van der Waals surface area contributed by atoms with Gasteiger partial charge in [0.1, 0.15) is 0 Å². The number of nitrogens with zero attached hydrogens (tertiary/aromatic N) is 3. The lowest BCUT2D eigenvalue weighted by atomic mass is 10.2. The summed E-state index contributed by atoms with van der Waals surface area (Å²) in [4.78, 5) is 4.70. The van der Waals surface area contributed by atoms with Gasteiger partial charge in [0.25, 0.3) is 0 Å². The molecular weight excluding hydrogens is 424 g/mol. The molecule has 0 radical (unpaired) electrons. The van der Waals surface area contributed by atoms with E-state index in [-0.39, 0.29) is 10.6 Å². The Morgan fingerprint density at radius 3 is 2.63 bits per heavy atom. The number of hydrazone groups is 1. The van der Waals surface area contributed by atoms with Crippen molar-refractivity contribution in [1.82, 2.24) is 9.29 Å². The Bertz CT molecular complexity index is 1140. The summed E-state index contributed by atoms with van der Waals surface area (Å²) in [6, 6.07) is 11.6. The molecule has 0 aliphatic carbocycles. The minimum absolute atomic E-state index is 0.0796. The van der Waals surface area contributed by atoms with Gasteiger partial charge in [0.2, 0.25) is 15.2 Å². The van der Waals surface area contributed by atoms with Gasteiger partial charge in [0.05, 0.1) is 23.4 Å². The van der Waals surface area contributed by atoms with E-state index in [4.69, 9.17) is 4.74 Å². The van der Waals surface area contributed by atoms with Gasteiger partial charge in [-0.2, -0.15) is 5.10 Å². The fourth-order valence-corrected chi connectivity index (χ4v) is 4.08. The average Bonchev–Trinajstić information content (AvgIpc) is 3.19. The van der Waals surface area contributed by atoms with Crippen LogP contribution in [0.1, 0.15) is 12.5 Å². The fraction of sp³-hybridized carbons (Fsp3) is 0.200. The number of rotatable bonds is 8. The molecule has 2 N–H and O–H groups in total. The number of benzene rings is 2. The van der Waals surface area contributed by atoms with Gasteiger partial charge in [-0.1, -0.05) is 12.1 Å². The molecule has 3 aromatic rings. The second kappa shape index (κ2) is 9.24. The minimum Gasteiger partial charge on any atom is -0.504 e. The van der Waals surface area contributed by atoms with Crippen LogP contribution in [0.3, 0.4) is 0 Å². The number of thiazole rings is 1. The molecule has 158 valence electrons. The van der Waals surface area contributed by atoms with E-state index in [2.05, 4.69) is 15.5 Å². The number of aromatic hydroxyl groups is 1. The van der Waals surface area contributed by atoms with Gasteiger partial charge in [0, 0.05) is 25.0 Å². The average molecular weight is 447 g/mol. The molecular formula is C20H22N4O4S2. The van der Waals surface area contributed by atoms with Crippen molar-refractivity contribution in [3.05, 3.63) is 53.4 Å². The standard InChI is InChI=1S/C20H22N4O4S2/c1-4-28-19-11-14(5-10-18(19)25)12-21-23-20-22-17(13-29-20)15-6-8-16(9-7-15)30(26,27)24(2)3/h5-13,25H,4H2,1-3H3,(H,22,23)/b21-12-. The lowest BCUT2D eigenvalue weighted by molar-refractivity contribution is 0.318. The zero-order valence-electron chi connectivity index (χ0n) is 16.7. The Labute approximate surface area is 179 Å². The molecule has 8 nitrogen and oxygen atoms in total. The molecule has 0 amide bonds. The first-order chi connectivity index (χ1) is 14.3. The highest BCUT2D eigenvalue weighted by Gasteiger charge is 2.17. The van der Waals surface area contributed by atoms with Crippen LogP contribution in [-0.4, -0.2) is 49.7 Å². The maximum Gasteiger partial charge on any atom is 0.242 e. The van der Waals surface area contributed by atoms with Gasteiger partial charge in [-0.05, 0) is 42.8 Å². The third-order valence-corrected chi connectivity index (χ3v) is 6.67. The third kappa shape index (κ3) is 4.96. The predicted octanol–water partition coefficient (Wildman–Crippen LogP) is 3.61. The van der Waals surface area contributed by atoms with Gasteiger partial charge in [-0.3, -0.25) is 5.43 Å². The molecule has 0 unspecified atom stereocenters. The molecule has 10 heteroatoms. The topological polar surface area (TPSA) is 104 Å². The van der Waals surface area contributed by atoms with E-state index in [0.717, 1.165) is 16.8 Å². The number of phenolic OH excluding ortho intramolecular Hbond substituents is 1. The third-order valence-electron chi connectivity index (χ3n) is 4.09. The number of sulfonamides is 1. The van der Waals surface area contributed by atoms with Crippen molar-refractivity contribution < 1.29 is 18.3 Å². The number of ether oxygens (including phenoxy) is 1. The van der Waals surface area contributed by atoms with Crippen LogP contribution in [-0.2, 0) is 10.0 Å². The summed E-state index contributed by atoms with van der Waals surface area (Å²) in [6.45, 7) is 2.30. The van der Waals surface area contributed by atoms with Gasteiger partial charge >= 0.3 is 0 Å². The summed E-state index contributed by atoms with van der Waals surface area (Å²) in [5.41, 5.74) is 5.16. The molecule has 0 atom stereocenters. The van der Waals surface area contributed by atoms with Crippen molar-refractivity contribution in [3.63, 3.8) is 0 Å². The Balaban J connectivity index is 1.68. The van der Waals surface area contributed by atoms with E-state index in [9.17, 15) is 13.5 Å². The van der Waals surface area contributed by atoms with Crippen LogP contribution in [0.25, 0.3) is 11.3 Å². The number of phenols is 1. The van der Waals surface area contributed by atoms with Gasteiger partial charge in [-0.15, -0.1) is 11.3 Å². The van der Waals surface area contributed by atoms with E-state index < -0.39 is 10.0 Å². The Morgan fingerprint density at radius 2 is 1.97 bits per heavy atom. The second-order valence-corrected chi connectivity index (χ2v) is 9.39. The van der Waals surface area contributed by atoms with Gasteiger partial charge < -0.3 is 9.84 Å². The van der Waals surface area contributed by atoms with Crippen LogP contribution in [0.4, 0.5) is 5.13 Å².